The Balaban J connectivity index is 1.88. The highest BCUT2D eigenvalue weighted by Crippen LogP contribution is 2.38. The normalized spacial score (nSPS) is 15.9. The number of quaternary nitrogens is 1. The summed E-state index contributed by atoms with van der Waals surface area (Å²) in [6.45, 7) is 6.05. The molecule has 2 aromatic rings. The van der Waals surface area contributed by atoms with Crippen LogP contribution in [0.4, 0.5) is 5.69 Å². The predicted octanol–water partition coefficient (Wildman–Crippen LogP) is 5.81. The molecule has 170 valence electrons. The van der Waals surface area contributed by atoms with Gasteiger partial charge in [0, 0.05) is 15.8 Å². The van der Waals surface area contributed by atoms with Crippen molar-refractivity contribution in [2.75, 3.05) is 7.11 Å². The van der Waals surface area contributed by atoms with E-state index in [1.165, 1.54) is 5.56 Å². The molecule has 3 rings (SSSR count). The summed E-state index contributed by atoms with van der Waals surface area (Å²) in [6, 6.07) is 9.93. The van der Waals surface area contributed by atoms with Gasteiger partial charge in [-0.15, -0.1) is 5.43 Å². The summed E-state index contributed by atoms with van der Waals surface area (Å²) in [6.07, 6.45) is 10.4. The van der Waals surface area contributed by atoms with Crippen LogP contribution in [0.3, 0.4) is 0 Å². The summed E-state index contributed by atoms with van der Waals surface area (Å²) >= 11 is 4.37. The van der Waals surface area contributed by atoms with Gasteiger partial charge < -0.3 is 4.74 Å². The maximum atomic E-state index is 13.1. The number of hydrogen-bond donors (Lipinski definition) is 3. The second-order valence-electron chi connectivity index (χ2n) is 8.25. The average Bonchev–Trinajstić information content (AvgIpc) is 2.76. The summed E-state index contributed by atoms with van der Waals surface area (Å²) in [4.78, 5) is 13.1. The number of benzene rings is 2. The molecule has 1 atom stereocenters. The molecular formula is C26H33N2O3S+. The van der Waals surface area contributed by atoms with E-state index in [1.54, 1.807) is 13.2 Å². The van der Waals surface area contributed by atoms with Gasteiger partial charge in [-0.05, 0) is 85.9 Å². The van der Waals surface area contributed by atoms with E-state index >= 15 is 0 Å². The van der Waals surface area contributed by atoms with Crippen LogP contribution in [0.15, 0.2) is 48.1 Å². The van der Waals surface area contributed by atoms with E-state index in [-0.39, 0.29) is 0 Å². The first-order valence-corrected chi connectivity index (χ1v) is 11.5. The van der Waals surface area contributed by atoms with E-state index in [4.69, 9.17) is 4.74 Å². The van der Waals surface area contributed by atoms with E-state index in [9.17, 15) is 10.0 Å². The first-order valence-electron chi connectivity index (χ1n) is 11.1. The molecule has 32 heavy (non-hydrogen) atoms. The van der Waals surface area contributed by atoms with Crippen molar-refractivity contribution in [3.05, 3.63) is 75.9 Å². The maximum absolute atomic E-state index is 13.1. The smallest absolute Gasteiger partial charge is 0.299 e. The number of allylic oxidation sites excluding steroid dienone is 1. The number of carbonyl (C=O) groups excluding carboxylic acids is 1. The number of fused-ring (bicyclic) bond motifs is 1. The number of thiol groups is 1. The van der Waals surface area contributed by atoms with Gasteiger partial charge in [-0.1, -0.05) is 37.3 Å². The third-order valence-corrected chi connectivity index (χ3v) is 6.21. The maximum Gasteiger partial charge on any atom is 0.299 e. The molecule has 0 heterocycles. The topological polar surface area (TPSA) is 58.6 Å². The van der Waals surface area contributed by atoms with Crippen molar-refractivity contribution in [3.8, 4) is 5.75 Å². The molecule has 5 nitrogen and oxygen atoms in total. The number of rotatable bonds is 7. The first-order chi connectivity index (χ1) is 15.3. The van der Waals surface area contributed by atoms with Crippen molar-refractivity contribution in [3.63, 3.8) is 0 Å². The summed E-state index contributed by atoms with van der Waals surface area (Å²) in [5.41, 5.74) is 9.20. The number of ether oxygens (including phenoxy) is 1. The molecule has 2 N–H and O–H groups in total. The van der Waals surface area contributed by atoms with Crippen molar-refractivity contribution in [1.29, 1.82) is 0 Å². The fraction of sp³-hybridized carbons (Fsp3) is 0.346. The lowest BCUT2D eigenvalue weighted by atomic mass is 9.91. The zero-order chi connectivity index (χ0) is 23.3. The van der Waals surface area contributed by atoms with Gasteiger partial charge in [-0.2, -0.15) is 5.21 Å². The van der Waals surface area contributed by atoms with Gasteiger partial charge in [0.25, 0.3) is 5.91 Å². The summed E-state index contributed by atoms with van der Waals surface area (Å²) in [5.74, 6) is 0.0714. The minimum atomic E-state index is -1.09. The van der Waals surface area contributed by atoms with Crippen LogP contribution in [0.1, 0.15) is 54.0 Å². The molecule has 0 saturated heterocycles. The number of methoxy groups -OCH3 is 1. The second kappa shape index (κ2) is 10.4. The van der Waals surface area contributed by atoms with Crippen LogP contribution in [0.2, 0.25) is 0 Å². The molecule has 0 radical (unpaired) electrons. The monoisotopic (exact) mass is 453 g/mol. The summed E-state index contributed by atoms with van der Waals surface area (Å²) < 4.78 is 4.42. The number of nitrogens with zero attached hydrogens (tertiary/aromatic N) is 1. The molecule has 1 aliphatic carbocycles. The standard InChI is InChI=1S/C26H32N2O3S/c1-5-9-20(14-15-23-18(2)10-8-11-19(23)3)26(29)27-28(30,32)24-16-21-12-6-7-13-22(21)17-25(24)31-4/h8-11,14-17,30,32H,5-7,12-13H2,1-4H3/p+1/b15-14-,20-9-. The highest BCUT2D eigenvalue weighted by Gasteiger charge is 2.34. The van der Waals surface area contributed by atoms with Crippen LogP contribution in [0.25, 0.3) is 6.08 Å². The van der Waals surface area contributed by atoms with Crippen LogP contribution in [-0.4, -0.2) is 18.2 Å². The third-order valence-electron chi connectivity index (χ3n) is 5.89. The molecule has 6 heteroatoms. The van der Waals surface area contributed by atoms with E-state index in [0.717, 1.165) is 47.9 Å². The summed E-state index contributed by atoms with van der Waals surface area (Å²) in [7, 11) is 1.55. The van der Waals surface area contributed by atoms with Crippen molar-refractivity contribution < 1.29 is 14.7 Å². The Kier molecular flexibility index (Phi) is 7.82. The van der Waals surface area contributed by atoms with Crippen LogP contribution in [0.5, 0.6) is 5.75 Å². The van der Waals surface area contributed by atoms with Gasteiger partial charge >= 0.3 is 0 Å². The highest BCUT2D eigenvalue weighted by atomic mass is 32.1. The van der Waals surface area contributed by atoms with Gasteiger partial charge in [0.15, 0.2) is 5.75 Å². The average molecular weight is 454 g/mol. The number of carbonyl (C=O) groups is 1. The van der Waals surface area contributed by atoms with E-state index in [0.29, 0.717) is 23.4 Å². The Morgan fingerprint density at radius 2 is 1.81 bits per heavy atom. The molecule has 0 aliphatic heterocycles. The fourth-order valence-electron chi connectivity index (χ4n) is 4.14. The quantitative estimate of drug-likeness (QED) is 0.163. The van der Waals surface area contributed by atoms with Gasteiger partial charge in [-0.25, -0.2) is 0 Å². The largest absolute Gasteiger partial charge is 0.491 e. The highest BCUT2D eigenvalue weighted by molar-refractivity contribution is 7.79. The lowest BCUT2D eigenvalue weighted by molar-refractivity contribution is -0.128. The van der Waals surface area contributed by atoms with Gasteiger partial charge in [0.2, 0.25) is 5.69 Å². The number of hydrogen-bond acceptors (Lipinski definition) is 4. The minimum absolute atomic E-state index is 0.388. The SMILES string of the molecule is CC/C=C(/C=C\c1c(C)cccc1C)C(=O)N[N+](O)(S)c1cc2c(cc1OC)CCCC2. The van der Waals surface area contributed by atoms with Crippen molar-refractivity contribution >= 4 is 30.5 Å². The van der Waals surface area contributed by atoms with Crippen LogP contribution < -0.4 is 14.3 Å². The fourth-order valence-corrected chi connectivity index (χ4v) is 4.39. The predicted molar refractivity (Wildman–Crippen MR) is 134 cm³/mol. The van der Waals surface area contributed by atoms with Crippen LogP contribution in [0, 0.1) is 13.8 Å². The van der Waals surface area contributed by atoms with Crippen molar-refractivity contribution in [1.82, 2.24) is 9.59 Å². The molecule has 0 aromatic heterocycles. The molecule has 1 unspecified atom stereocenters. The zero-order valence-electron chi connectivity index (χ0n) is 19.3. The lowest BCUT2D eigenvalue weighted by Gasteiger charge is -2.26. The van der Waals surface area contributed by atoms with E-state index < -0.39 is 10.1 Å². The Morgan fingerprint density at radius 3 is 2.41 bits per heavy atom. The lowest BCUT2D eigenvalue weighted by Crippen LogP contribution is -2.52. The second-order valence-corrected chi connectivity index (χ2v) is 8.83. The third kappa shape index (κ3) is 5.44. The molecule has 1 amide bonds. The Hall–Kier alpha value is -2.54. The molecule has 1 aliphatic rings. The molecule has 0 spiro atoms. The van der Waals surface area contributed by atoms with Crippen molar-refractivity contribution in [2.45, 2.75) is 52.9 Å². The van der Waals surface area contributed by atoms with Crippen LogP contribution in [-0.2, 0) is 17.6 Å². The first kappa shape index (κ1) is 24.1. The Bertz CT molecular complexity index is 1040. The summed E-state index contributed by atoms with van der Waals surface area (Å²) in [5, 5.41) is 11.1. The molecule has 0 fully saturated rings. The number of nitrogens with one attached hydrogen (secondary N) is 1. The van der Waals surface area contributed by atoms with E-state index in [1.807, 2.05) is 63.3 Å². The zero-order valence-corrected chi connectivity index (χ0v) is 20.2. The van der Waals surface area contributed by atoms with Crippen LogP contribution >= 0.6 is 12.8 Å². The Morgan fingerprint density at radius 1 is 1.19 bits per heavy atom. The molecule has 0 saturated carbocycles. The molecule has 2 aromatic carbocycles. The van der Waals surface area contributed by atoms with Crippen molar-refractivity contribution in [2.24, 2.45) is 0 Å². The number of aryl methyl sites for hydroxylation is 4. The molecular weight excluding hydrogens is 420 g/mol. The van der Waals surface area contributed by atoms with E-state index in [2.05, 4.69) is 18.2 Å². The van der Waals surface area contributed by atoms with Gasteiger partial charge in [0.05, 0.1) is 7.11 Å². The van der Waals surface area contributed by atoms with Gasteiger partial charge in [0.1, 0.15) is 12.8 Å². The van der Waals surface area contributed by atoms with Gasteiger partial charge in [-0.3, -0.25) is 4.79 Å². The molecule has 0 bridgehead atoms. The number of amides is 1. The minimum Gasteiger partial charge on any atom is -0.491 e. The Labute approximate surface area is 196 Å².